The van der Waals surface area contributed by atoms with Gasteiger partial charge < -0.3 is 9.52 Å². The molecule has 0 bridgehead atoms. The van der Waals surface area contributed by atoms with E-state index in [1.807, 2.05) is 13.8 Å². The molecule has 0 amide bonds. The Morgan fingerprint density at radius 2 is 1.92 bits per heavy atom. The molecule has 0 saturated heterocycles. The van der Waals surface area contributed by atoms with E-state index >= 15 is 0 Å². The maximum absolute atomic E-state index is 12.8. The monoisotopic (exact) mass is 337 g/mol. The summed E-state index contributed by atoms with van der Waals surface area (Å²) in [6, 6.07) is 7.62. The van der Waals surface area contributed by atoms with Crippen molar-refractivity contribution in [1.82, 2.24) is 0 Å². The van der Waals surface area contributed by atoms with E-state index in [2.05, 4.69) is 4.99 Å². The normalized spacial score (nSPS) is 13.2. The minimum atomic E-state index is -5.15. The fourth-order valence-corrected chi connectivity index (χ4v) is 1.87. The molecule has 2 rings (SSSR count). The van der Waals surface area contributed by atoms with E-state index in [4.69, 9.17) is 4.42 Å². The van der Waals surface area contributed by atoms with Crippen molar-refractivity contribution in [1.29, 1.82) is 0 Å². The number of carbonyl (C=O) groups excluding carboxylic acids is 1. The molecule has 7 heteroatoms. The van der Waals surface area contributed by atoms with E-state index in [1.165, 1.54) is 18.4 Å². The summed E-state index contributed by atoms with van der Waals surface area (Å²) in [7, 11) is 0. The summed E-state index contributed by atoms with van der Waals surface area (Å²) in [4.78, 5) is 15.4. The zero-order valence-electron chi connectivity index (χ0n) is 12.9. The van der Waals surface area contributed by atoms with Crippen molar-refractivity contribution in [2.75, 3.05) is 0 Å². The molecule has 0 fully saturated rings. The number of Topliss-reactive ketones (excluding diaryl/α,β-unsaturated/α-hetero) is 1. The van der Waals surface area contributed by atoms with Gasteiger partial charge in [-0.1, -0.05) is 6.07 Å². The second-order valence-electron chi connectivity index (χ2n) is 5.09. The topological polar surface area (TPSA) is 62.8 Å². The number of hydrogen-bond acceptors (Lipinski definition) is 4. The van der Waals surface area contributed by atoms with Crippen LogP contribution >= 0.6 is 0 Å². The molecule has 0 saturated carbocycles. The number of aliphatic imine (C=N–C) groups is 1. The molecule has 1 aromatic heterocycles. The molecule has 0 unspecified atom stereocenters. The lowest BCUT2D eigenvalue weighted by Gasteiger charge is -2.07. The maximum atomic E-state index is 12.8. The Morgan fingerprint density at radius 3 is 2.46 bits per heavy atom. The van der Waals surface area contributed by atoms with Crippen molar-refractivity contribution in [3.8, 4) is 0 Å². The van der Waals surface area contributed by atoms with Gasteiger partial charge in [-0.05, 0) is 49.2 Å². The van der Waals surface area contributed by atoms with Crippen LogP contribution in [0.3, 0.4) is 0 Å². The number of benzene rings is 1. The Morgan fingerprint density at radius 1 is 1.21 bits per heavy atom. The van der Waals surface area contributed by atoms with Gasteiger partial charge in [0.05, 0.1) is 17.5 Å². The highest BCUT2D eigenvalue weighted by molar-refractivity contribution is 6.20. The lowest BCUT2D eigenvalue weighted by atomic mass is 10.1. The first-order chi connectivity index (χ1) is 11.2. The average molecular weight is 337 g/mol. The Labute approximate surface area is 135 Å². The lowest BCUT2D eigenvalue weighted by Crippen LogP contribution is -2.26. The van der Waals surface area contributed by atoms with Crippen LogP contribution in [0.5, 0.6) is 0 Å². The highest BCUT2D eigenvalue weighted by atomic mass is 19.4. The van der Waals surface area contributed by atoms with Crippen LogP contribution in [0.4, 0.5) is 18.9 Å². The van der Waals surface area contributed by atoms with E-state index in [-0.39, 0.29) is 5.76 Å². The smallest absolute Gasteiger partial charge is 0.455 e. The van der Waals surface area contributed by atoms with Gasteiger partial charge in [0, 0.05) is 6.21 Å². The van der Waals surface area contributed by atoms with Gasteiger partial charge >= 0.3 is 6.18 Å². The van der Waals surface area contributed by atoms with Crippen LogP contribution in [0.2, 0.25) is 0 Å². The minimum absolute atomic E-state index is 0.255. The SMILES string of the molecule is Cc1ccc(N=CC(C(=O)C(F)(F)F)=C(O)c2ccco2)cc1C. The van der Waals surface area contributed by atoms with Gasteiger partial charge in [-0.3, -0.25) is 9.79 Å². The summed E-state index contributed by atoms with van der Waals surface area (Å²) in [5.74, 6) is -3.38. The van der Waals surface area contributed by atoms with Crippen LogP contribution in [0.25, 0.3) is 5.76 Å². The zero-order chi connectivity index (χ0) is 17.9. The molecule has 1 N–H and O–H groups in total. The van der Waals surface area contributed by atoms with Gasteiger partial charge in [0.2, 0.25) is 0 Å². The fourth-order valence-electron chi connectivity index (χ4n) is 1.87. The molecular formula is C17H14F3NO3. The van der Waals surface area contributed by atoms with E-state index in [1.54, 1.807) is 18.2 Å². The highest BCUT2D eigenvalue weighted by Gasteiger charge is 2.42. The molecule has 4 nitrogen and oxygen atoms in total. The van der Waals surface area contributed by atoms with Crippen LogP contribution in [0.1, 0.15) is 16.9 Å². The van der Waals surface area contributed by atoms with Crippen LogP contribution in [0.15, 0.2) is 51.6 Å². The minimum Gasteiger partial charge on any atom is -0.504 e. The first kappa shape index (κ1) is 17.5. The standard InChI is InChI=1S/C17H14F3NO3/c1-10-5-6-12(8-11(10)2)21-9-13(16(23)17(18,19)20)15(22)14-4-3-7-24-14/h3-9,22H,1-2H3. The van der Waals surface area contributed by atoms with E-state index in [0.29, 0.717) is 11.9 Å². The van der Waals surface area contributed by atoms with Crippen LogP contribution in [-0.4, -0.2) is 23.3 Å². The molecule has 0 radical (unpaired) electrons. The van der Waals surface area contributed by atoms with Gasteiger partial charge in [0.1, 0.15) is 0 Å². The Kier molecular flexibility index (Phi) is 4.92. The second-order valence-corrected chi connectivity index (χ2v) is 5.09. The summed E-state index contributed by atoms with van der Waals surface area (Å²) in [6.45, 7) is 3.70. The van der Waals surface area contributed by atoms with E-state index in [0.717, 1.165) is 11.1 Å². The number of halogens is 3. The number of rotatable bonds is 4. The molecule has 0 aliphatic heterocycles. The third-order valence-corrected chi connectivity index (χ3v) is 3.34. The number of nitrogens with zero attached hydrogens (tertiary/aromatic N) is 1. The second kappa shape index (κ2) is 6.74. The predicted octanol–water partition coefficient (Wildman–Crippen LogP) is 4.70. The molecule has 24 heavy (non-hydrogen) atoms. The molecule has 0 aliphatic carbocycles. The van der Waals surface area contributed by atoms with Gasteiger partial charge in [0.25, 0.3) is 5.78 Å². The largest absolute Gasteiger partial charge is 0.504 e. The van der Waals surface area contributed by atoms with Gasteiger partial charge in [-0.15, -0.1) is 0 Å². The fraction of sp³-hybridized carbons (Fsp3) is 0.176. The third-order valence-electron chi connectivity index (χ3n) is 3.34. The lowest BCUT2D eigenvalue weighted by molar-refractivity contribution is -0.165. The Bertz CT molecular complexity index is 803. The first-order valence-corrected chi connectivity index (χ1v) is 6.90. The number of aryl methyl sites for hydroxylation is 2. The Hall–Kier alpha value is -2.83. The molecule has 1 heterocycles. The molecule has 126 valence electrons. The quantitative estimate of drug-likeness (QED) is 0.500. The van der Waals surface area contributed by atoms with E-state index < -0.39 is 23.3 Å². The van der Waals surface area contributed by atoms with Crippen molar-refractivity contribution in [2.24, 2.45) is 4.99 Å². The molecule has 2 aromatic rings. The molecule has 0 aliphatic rings. The predicted molar refractivity (Wildman–Crippen MR) is 83.4 cm³/mol. The number of carbonyl (C=O) groups is 1. The highest BCUT2D eigenvalue weighted by Crippen LogP contribution is 2.26. The van der Waals surface area contributed by atoms with Crippen LogP contribution in [-0.2, 0) is 4.79 Å². The molecular weight excluding hydrogens is 323 g/mol. The average Bonchev–Trinajstić information content (AvgIpc) is 3.04. The maximum Gasteiger partial charge on any atom is 0.455 e. The number of aliphatic hydroxyl groups is 1. The van der Waals surface area contributed by atoms with Crippen molar-refractivity contribution in [3.63, 3.8) is 0 Å². The third kappa shape index (κ3) is 3.92. The number of ketones is 1. The zero-order valence-corrected chi connectivity index (χ0v) is 12.9. The van der Waals surface area contributed by atoms with Crippen molar-refractivity contribution in [2.45, 2.75) is 20.0 Å². The van der Waals surface area contributed by atoms with Crippen LogP contribution in [0, 0.1) is 13.8 Å². The van der Waals surface area contributed by atoms with Gasteiger partial charge in [-0.25, -0.2) is 0 Å². The number of hydrogen-bond donors (Lipinski definition) is 1. The van der Waals surface area contributed by atoms with Crippen molar-refractivity contribution >= 4 is 23.4 Å². The van der Waals surface area contributed by atoms with Gasteiger partial charge in [-0.2, -0.15) is 13.2 Å². The number of aliphatic hydroxyl groups excluding tert-OH is 1. The number of furan rings is 1. The van der Waals surface area contributed by atoms with Crippen LogP contribution < -0.4 is 0 Å². The van der Waals surface area contributed by atoms with E-state index in [9.17, 15) is 23.1 Å². The summed E-state index contributed by atoms with van der Waals surface area (Å²) >= 11 is 0. The summed E-state index contributed by atoms with van der Waals surface area (Å²) in [6.07, 6.45) is -3.29. The van der Waals surface area contributed by atoms with Crippen molar-refractivity contribution < 1.29 is 27.5 Å². The number of allylic oxidation sites excluding steroid dienone is 1. The van der Waals surface area contributed by atoms with Crippen molar-refractivity contribution in [3.05, 3.63) is 59.1 Å². The Balaban J connectivity index is 2.47. The molecule has 0 atom stereocenters. The summed E-state index contributed by atoms with van der Waals surface area (Å²) in [5.41, 5.74) is 1.26. The summed E-state index contributed by atoms with van der Waals surface area (Å²) < 4.78 is 43.1. The van der Waals surface area contributed by atoms with Gasteiger partial charge in [0.15, 0.2) is 11.5 Å². The molecule has 1 aromatic carbocycles. The number of alkyl halides is 3. The summed E-state index contributed by atoms with van der Waals surface area (Å²) in [5, 5.41) is 9.95. The molecule has 0 spiro atoms. The first-order valence-electron chi connectivity index (χ1n) is 6.90.